The van der Waals surface area contributed by atoms with Gasteiger partial charge in [-0.05, 0) is 48.0 Å². The first-order chi connectivity index (χ1) is 13.7. The molecule has 2 amide bonds. The molecule has 0 unspecified atom stereocenters. The van der Waals surface area contributed by atoms with Crippen molar-refractivity contribution in [2.75, 3.05) is 10.6 Å². The van der Waals surface area contributed by atoms with E-state index in [2.05, 4.69) is 26.6 Å². The van der Waals surface area contributed by atoms with Gasteiger partial charge in [-0.15, -0.1) is 0 Å². The van der Waals surface area contributed by atoms with Crippen LogP contribution in [-0.4, -0.2) is 11.8 Å². The fraction of sp³-hybridized carbons (Fsp3) is 0.100. The summed E-state index contributed by atoms with van der Waals surface area (Å²) < 4.78 is 46.1. The number of halogens is 4. The zero-order chi connectivity index (χ0) is 21.0. The van der Waals surface area contributed by atoms with E-state index in [9.17, 15) is 22.8 Å². The standard InChI is InChI=1S/C20H14BrF3N2O3/c21-13-4-1-3-12(9-13)10-18(27)26-16-7-6-14(11-15(16)20(22,23)24)25-19(28)17-5-2-8-29-17/h1-9,11H,10H2,(H,25,28)(H,26,27). The molecular formula is C20H14BrF3N2O3. The van der Waals surface area contributed by atoms with Crippen molar-refractivity contribution in [3.05, 3.63) is 82.2 Å². The number of furan rings is 1. The fourth-order valence-corrected chi connectivity index (χ4v) is 3.04. The minimum Gasteiger partial charge on any atom is -0.459 e. The van der Waals surface area contributed by atoms with Crippen molar-refractivity contribution in [2.24, 2.45) is 0 Å². The summed E-state index contributed by atoms with van der Waals surface area (Å²) in [5.74, 6) is -1.32. The number of rotatable bonds is 5. The van der Waals surface area contributed by atoms with Crippen LogP contribution in [0, 0.1) is 0 Å². The molecule has 1 heterocycles. The van der Waals surface area contributed by atoms with Gasteiger partial charge in [0, 0.05) is 10.2 Å². The van der Waals surface area contributed by atoms with Gasteiger partial charge < -0.3 is 15.1 Å². The predicted molar refractivity (Wildman–Crippen MR) is 105 cm³/mol. The summed E-state index contributed by atoms with van der Waals surface area (Å²) >= 11 is 3.28. The zero-order valence-electron chi connectivity index (χ0n) is 14.7. The number of nitrogens with one attached hydrogen (secondary N) is 2. The van der Waals surface area contributed by atoms with Gasteiger partial charge in [-0.2, -0.15) is 13.2 Å². The second kappa shape index (κ2) is 8.52. The quantitative estimate of drug-likeness (QED) is 0.521. The molecule has 0 bridgehead atoms. The smallest absolute Gasteiger partial charge is 0.418 e. The fourth-order valence-electron chi connectivity index (χ4n) is 2.59. The van der Waals surface area contributed by atoms with Crippen LogP contribution in [0.15, 0.2) is 69.8 Å². The summed E-state index contributed by atoms with van der Waals surface area (Å²) in [4.78, 5) is 24.2. The summed E-state index contributed by atoms with van der Waals surface area (Å²) in [6, 6.07) is 12.9. The Hall–Kier alpha value is -3.07. The molecule has 0 spiro atoms. The van der Waals surface area contributed by atoms with E-state index >= 15 is 0 Å². The van der Waals surface area contributed by atoms with Crippen LogP contribution in [0.5, 0.6) is 0 Å². The van der Waals surface area contributed by atoms with Crippen molar-refractivity contribution in [3.63, 3.8) is 0 Å². The van der Waals surface area contributed by atoms with Gasteiger partial charge in [0.25, 0.3) is 5.91 Å². The second-order valence-corrected chi connectivity index (χ2v) is 6.96. The molecule has 2 N–H and O–H groups in total. The Bertz CT molecular complexity index is 1030. The summed E-state index contributed by atoms with van der Waals surface area (Å²) in [6.45, 7) is 0. The van der Waals surface area contributed by atoms with E-state index in [0.29, 0.717) is 5.56 Å². The van der Waals surface area contributed by atoms with Crippen LogP contribution in [0.4, 0.5) is 24.5 Å². The number of benzene rings is 2. The van der Waals surface area contributed by atoms with Crippen molar-refractivity contribution < 1.29 is 27.2 Å². The van der Waals surface area contributed by atoms with Gasteiger partial charge >= 0.3 is 6.18 Å². The van der Waals surface area contributed by atoms with Crippen molar-refractivity contribution in [1.29, 1.82) is 0 Å². The molecule has 150 valence electrons. The molecule has 0 radical (unpaired) electrons. The SMILES string of the molecule is O=C(Cc1cccc(Br)c1)Nc1ccc(NC(=O)c2ccco2)cc1C(F)(F)F. The molecule has 29 heavy (non-hydrogen) atoms. The molecule has 9 heteroatoms. The van der Waals surface area contributed by atoms with Gasteiger partial charge in [0.2, 0.25) is 5.91 Å². The monoisotopic (exact) mass is 466 g/mol. The van der Waals surface area contributed by atoms with Gasteiger partial charge in [-0.25, -0.2) is 0 Å². The lowest BCUT2D eigenvalue weighted by Crippen LogP contribution is -2.19. The van der Waals surface area contributed by atoms with Gasteiger partial charge in [0.05, 0.1) is 23.9 Å². The van der Waals surface area contributed by atoms with E-state index in [1.54, 1.807) is 24.3 Å². The van der Waals surface area contributed by atoms with E-state index in [0.717, 1.165) is 16.6 Å². The van der Waals surface area contributed by atoms with Crippen molar-refractivity contribution in [2.45, 2.75) is 12.6 Å². The third kappa shape index (κ3) is 5.47. The van der Waals surface area contributed by atoms with Crippen LogP contribution < -0.4 is 10.6 Å². The highest BCUT2D eigenvalue weighted by Crippen LogP contribution is 2.36. The number of amides is 2. The number of carbonyl (C=O) groups is 2. The molecule has 1 aromatic heterocycles. The molecule has 0 fully saturated rings. The van der Waals surface area contributed by atoms with Gasteiger partial charge in [-0.1, -0.05) is 28.1 Å². The largest absolute Gasteiger partial charge is 0.459 e. The highest BCUT2D eigenvalue weighted by Gasteiger charge is 2.34. The van der Waals surface area contributed by atoms with E-state index in [-0.39, 0.29) is 17.9 Å². The molecule has 0 aliphatic rings. The van der Waals surface area contributed by atoms with E-state index in [1.165, 1.54) is 24.5 Å². The molecule has 5 nitrogen and oxygen atoms in total. The molecular weight excluding hydrogens is 453 g/mol. The molecule has 0 saturated heterocycles. The minimum atomic E-state index is -4.73. The molecule has 3 rings (SSSR count). The van der Waals surface area contributed by atoms with Crippen LogP contribution in [0.1, 0.15) is 21.7 Å². The Morgan fingerprint density at radius 3 is 2.45 bits per heavy atom. The first-order valence-electron chi connectivity index (χ1n) is 8.33. The van der Waals surface area contributed by atoms with Crippen LogP contribution in [0.3, 0.4) is 0 Å². The number of hydrogen-bond acceptors (Lipinski definition) is 3. The molecule has 0 saturated carbocycles. The first-order valence-corrected chi connectivity index (χ1v) is 9.12. The van der Waals surface area contributed by atoms with Crippen LogP contribution in [-0.2, 0) is 17.4 Å². The Morgan fingerprint density at radius 1 is 1.00 bits per heavy atom. The molecule has 3 aromatic rings. The Kier molecular flexibility index (Phi) is 6.07. The molecule has 2 aromatic carbocycles. The topological polar surface area (TPSA) is 71.3 Å². The molecule has 0 aliphatic carbocycles. The predicted octanol–water partition coefficient (Wildman–Crippen LogP) is 5.49. The summed E-state index contributed by atoms with van der Waals surface area (Å²) in [5, 5.41) is 4.62. The second-order valence-electron chi connectivity index (χ2n) is 6.04. The lowest BCUT2D eigenvalue weighted by molar-refractivity contribution is -0.136. The van der Waals surface area contributed by atoms with Gasteiger partial charge in [0.1, 0.15) is 0 Å². The number of carbonyl (C=O) groups excluding carboxylic acids is 2. The van der Waals surface area contributed by atoms with E-state index < -0.39 is 29.2 Å². The lowest BCUT2D eigenvalue weighted by Gasteiger charge is -2.16. The minimum absolute atomic E-state index is 0.0371. The average molecular weight is 467 g/mol. The summed E-state index contributed by atoms with van der Waals surface area (Å²) in [7, 11) is 0. The molecule has 0 atom stereocenters. The third-order valence-electron chi connectivity index (χ3n) is 3.86. The highest BCUT2D eigenvalue weighted by molar-refractivity contribution is 9.10. The lowest BCUT2D eigenvalue weighted by atomic mass is 10.1. The highest BCUT2D eigenvalue weighted by atomic mass is 79.9. The Balaban J connectivity index is 1.79. The van der Waals surface area contributed by atoms with Crippen molar-refractivity contribution in [3.8, 4) is 0 Å². The Morgan fingerprint density at radius 2 is 1.79 bits per heavy atom. The third-order valence-corrected chi connectivity index (χ3v) is 4.35. The van der Waals surface area contributed by atoms with Crippen molar-refractivity contribution in [1.82, 2.24) is 0 Å². The normalized spacial score (nSPS) is 11.2. The zero-order valence-corrected chi connectivity index (χ0v) is 16.3. The average Bonchev–Trinajstić information content (AvgIpc) is 3.17. The summed E-state index contributed by atoms with van der Waals surface area (Å²) in [6.07, 6.45) is -3.54. The van der Waals surface area contributed by atoms with Crippen LogP contribution in [0.25, 0.3) is 0 Å². The maximum Gasteiger partial charge on any atom is 0.418 e. The van der Waals surface area contributed by atoms with E-state index in [1.807, 2.05) is 0 Å². The van der Waals surface area contributed by atoms with E-state index in [4.69, 9.17) is 4.42 Å². The van der Waals surface area contributed by atoms with Crippen LogP contribution in [0.2, 0.25) is 0 Å². The maximum atomic E-state index is 13.5. The maximum absolute atomic E-state index is 13.5. The number of anilines is 2. The number of hydrogen-bond donors (Lipinski definition) is 2. The number of alkyl halides is 3. The first kappa shape index (κ1) is 20.7. The van der Waals surface area contributed by atoms with Gasteiger partial charge in [-0.3, -0.25) is 9.59 Å². The Labute approximate surface area is 172 Å². The van der Waals surface area contributed by atoms with Crippen molar-refractivity contribution >= 4 is 39.1 Å². The summed E-state index contributed by atoms with van der Waals surface area (Å²) in [5.41, 5.74) is -0.901. The van der Waals surface area contributed by atoms with Crippen LogP contribution >= 0.6 is 15.9 Å². The van der Waals surface area contributed by atoms with Gasteiger partial charge in [0.15, 0.2) is 5.76 Å². The molecule has 0 aliphatic heterocycles.